The molecule has 0 spiro atoms. The van der Waals surface area contributed by atoms with Crippen LogP contribution in [0.4, 0.5) is 17.1 Å². The zero-order chi connectivity index (χ0) is 34.1. The van der Waals surface area contributed by atoms with Crippen LogP contribution in [0, 0.1) is 0 Å². The van der Waals surface area contributed by atoms with E-state index in [9.17, 15) is 0 Å². The monoisotopic (exact) mass is 653 g/mol. The molecule has 51 heavy (non-hydrogen) atoms. The van der Waals surface area contributed by atoms with Crippen LogP contribution in [0.2, 0.25) is 0 Å². The number of furan rings is 1. The predicted octanol–water partition coefficient (Wildman–Crippen LogP) is 13.8. The molecule has 8 aromatic carbocycles. The van der Waals surface area contributed by atoms with Gasteiger partial charge in [-0.15, -0.1) is 0 Å². The Bertz CT molecular complexity index is 2800. The summed E-state index contributed by atoms with van der Waals surface area (Å²) >= 11 is 0. The van der Waals surface area contributed by atoms with E-state index in [4.69, 9.17) is 4.42 Å². The molecule has 0 saturated heterocycles. The maximum Gasteiger partial charge on any atom is 0.137 e. The third kappa shape index (κ3) is 4.57. The molecule has 0 aliphatic heterocycles. The van der Waals surface area contributed by atoms with Crippen LogP contribution in [0.3, 0.4) is 0 Å². The van der Waals surface area contributed by atoms with E-state index >= 15 is 0 Å². The van der Waals surface area contributed by atoms with Gasteiger partial charge in [0.1, 0.15) is 11.2 Å². The van der Waals surface area contributed by atoms with E-state index in [2.05, 4.69) is 189 Å². The summed E-state index contributed by atoms with van der Waals surface area (Å²) in [5.74, 6) is 0. The largest absolute Gasteiger partial charge is 0.456 e. The predicted molar refractivity (Wildman–Crippen MR) is 214 cm³/mol. The van der Waals surface area contributed by atoms with Gasteiger partial charge < -0.3 is 9.32 Å². The summed E-state index contributed by atoms with van der Waals surface area (Å²) in [5.41, 5.74) is 15.1. The molecule has 0 amide bonds. The number of para-hydroxylation sites is 2. The molecule has 0 radical (unpaired) electrons. The van der Waals surface area contributed by atoms with E-state index < -0.39 is 0 Å². The molecule has 9 aromatic rings. The molecule has 2 nitrogen and oxygen atoms in total. The normalized spacial score (nSPS) is 13.1. The van der Waals surface area contributed by atoms with E-state index in [1.807, 2.05) is 6.07 Å². The third-order valence-corrected chi connectivity index (χ3v) is 10.9. The summed E-state index contributed by atoms with van der Waals surface area (Å²) in [4.78, 5) is 2.44. The van der Waals surface area contributed by atoms with Crippen molar-refractivity contribution in [3.05, 3.63) is 187 Å². The third-order valence-electron chi connectivity index (χ3n) is 10.9. The molecule has 0 N–H and O–H groups in total. The molecule has 0 bridgehead atoms. The molecular weight excluding hydrogens is 619 g/mol. The summed E-state index contributed by atoms with van der Waals surface area (Å²) < 4.78 is 6.46. The highest BCUT2D eigenvalue weighted by Gasteiger charge is 2.37. The van der Waals surface area contributed by atoms with Crippen LogP contribution >= 0.6 is 0 Å². The molecule has 2 heteroatoms. The lowest BCUT2D eigenvalue weighted by atomic mass is 9.82. The first kappa shape index (κ1) is 29.5. The standard InChI is InChI=1S/C49H35NO/c1-49(2)41-22-8-5-19-39(41)47-38(21-12-23-42(47)49)37-18-6-9-24-43(37)50(44-25-13-27-46-48(44)40-20-7-10-26-45(40)51-46)36-17-11-16-34(31-36)35-29-28-32-14-3-4-15-33(32)30-35/h3-31H,1-2H3. The maximum atomic E-state index is 6.46. The van der Waals surface area contributed by atoms with Crippen molar-refractivity contribution in [1.82, 2.24) is 0 Å². The van der Waals surface area contributed by atoms with Gasteiger partial charge >= 0.3 is 0 Å². The van der Waals surface area contributed by atoms with E-state index in [0.29, 0.717) is 0 Å². The number of anilines is 3. The first-order chi connectivity index (χ1) is 25.1. The Morgan fingerprint density at radius 2 is 1.10 bits per heavy atom. The van der Waals surface area contributed by atoms with E-state index in [0.717, 1.165) is 39.0 Å². The van der Waals surface area contributed by atoms with Gasteiger partial charge in [-0.25, -0.2) is 0 Å². The van der Waals surface area contributed by atoms with Crippen molar-refractivity contribution < 1.29 is 4.42 Å². The minimum Gasteiger partial charge on any atom is -0.456 e. The van der Waals surface area contributed by atoms with Crippen LogP contribution in [0.15, 0.2) is 180 Å². The second-order valence-corrected chi connectivity index (χ2v) is 14.1. The molecule has 10 rings (SSSR count). The highest BCUT2D eigenvalue weighted by molar-refractivity contribution is 6.14. The van der Waals surface area contributed by atoms with Gasteiger partial charge in [0.2, 0.25) is 0 Å². The van der Waals surface area contributed by atoms with Crippen molar-refractivity contribution in [3.8, 4) is 33.4 Å². The van der Waals surface area contributed by atoms with Gasteiger partial charge in [-0.1, -0.05) is 147 Å². The van der Waals surface area contributed by atoms with Crippen molar-refractivity contribution in [2.45, 2.75) is 19.3 Å². The summed E-state index contributed by atoms with van der Waals surface area (Å²) in [7, 11) is 0. The van der Waals surface area contributed by atoms with E-state index in [-0.39, 0.29) is 5.41 Å². The number of rotatable bonds is 5. The van der Waals surface area contributed by atoms with Gasteiger partial charge in [0, 0.05) is 22.1 Å². The molecule has 0 saturated carbocycles. The van der Waals surface area contributed by atoms with Crippen molar-refractivity contribution in [1.29, 1.82) is 0 Å². The maximum absolute atomic E-state index is 6.46. The van der Waals surface area contributed by atoms with Gasteiger partial charge in [-0.05, 0) is 92.2 Å². The molecular formula is C49H35NO. The van der Waals surface area contributed by atoms with E-state index in [1.54, 1.807) is 0 Å². The summed E-state index contributed by atoms with van der Waals surface area (Å²) in [5, 5.41) is 4.68. The first-order valence-electron chi connectivity index (χ1n) is 17.7. The van der Waals surface area contributed by atoms with Gasteiger partial charge in [-0.3, -0.25) is 0 Å². The second kappa shape index (κ2) is 11.3. The molecule has 1 aliphatic carbocycles. The smallest absolute Gasteiger partial charge is 0.137 e. The van der Waals surface area contributed by atoms with Gasteiger partial charge in [0.15, 0.2) is 0 Å². The van der Waals surface area contributed by atoms with Crippen LogP contribution in [0.25, 0.3) is 66.1 Å². The van der Waals surface area contributed by atoms with Crippen LogP contribution in [0.1, 0.15) is 25.0 Å². The fraction of sp³-hybridized carbons (Fsp3) is 0.0612. The minimum atomic E-state index is -0.0912. The molecule has 242 valence electrons. The SMILES string of the molecule is CC1(C)c2ccccc2-c2c(-c3ccccc3N(c3cccc(-c4ccc5ccccc5c4)c3)c3cccc4oc5ccccc5c34)cccc21. The minimum absolute atomic E-state index is 0.0912. The van der Waals surface area contributed by atoms with Crippen molar-refractivity contribution >= 4 is 49.8 Å². The van der Waals surface area contributed by atoms with E-state index in [1.165, 1.54) is 55.3 Å². The van der Waals surface area contributed by atoms with Crippen LogP contribution in [-0.4, -0.2) is 0 Å². The lowest BCUT2D eigenvalue weighted by molar-refractivity contribution is 0.660. The summed E-state index contributed by atoms with van der Waals surface area (Å²) in [6.07, 6.45) is 0. The molecule has 0 unspecified atom stereocenters. The highest BCUT2D eigenvalue weighted by Crippen LogP contribution is 2.54. The van der Waals surface area contributed by atoms with Crippen LogP contribution in [0.5, 0.6) is 0 Å². The Hall–Kier alpha value is -6.38. The van der Waals surface area contributed by atoms with Crippen molar-refractivity contribution in [2.75, 3.05) is 4.90 Å². The number of hydrogen-bond acceptors (Lipinski definition) is 2. The van der Waals surface area contributed by atoms with Crippen LogP contribution in [-0.2, 0) is 5.41 Å². The number of benzene rings is 8. The number of nitrogens with zero attached hydrogens (tertiary/aromatic N) is 1. The Morgan fingerprint density at radius 3 is 2.02 bits per heavy atom. The second-order valence-electron chi connectivity index (χ2n) is 14.1. The topological polar surface area (TPSA) is 16.4 Å². The Labute approximate surface area is 297 Å². The molecule has 1 heterocycles. The average Bonchev–Trinajstić information content (AvgIpc) is 3.68. The molecule has 0 fully saturated rings. The Morgan fingerprint density at radius 1 is 0.451 bits per heavy atom. The summed E-state index contributed by atoms with van der Waals surface area (Å²) in [6, 6.07) is 63.7. The van der Waals surface area contributed by atoms with Crippen molar-refractivity contribution in [2.24, 2.45) is 0 Å². The molecule has 1 aliphatic rings. The average molecular weight is 654 g/mol. The van der Waals surface area contributed by atoms with Gasteiger partial charge in [0.25, 0.3) is 0 Å². The number of hydrogen-bond donors (Lipinski definition) is 0. The van der Waals surface area contributed by atoms with Crippen molar-refractivity contribution in [3.63, 3.8) is 0 Å². The zero-order valence-electron chi connectivity index (χ0n) is 28.6. The quantitative estimate of drug-likeness (QED) is 0.184. The number of fused-ring (bicyclic) bond motifs is 7. The first-order valence-corrected chi connectivity index (χ1v) is 17.7. The molecule has 0 atom stereocenters. The Balaban J connectivity index is 1.25. The highest BCUT2D eigenvalue weighted by atomic mass is 16.3. The lowest BCUT2D eigenvalue weighted by Gasteiger charge is -2.29. The lowest BCUT2D eigenvalue weighted by Crippen LogP contribution is -2.15. The fourth-order valence-corrected chi connectivity index (χ4v) is 8.42. The zero-order valence-corrected chi connectivity index (χ0v) is 28.6. The summed E-state index contributed by atoms with van der Waals surface area (Å²) in [6.45, 7) is 4.70. The van der Waals surface area contributed by atoms with Crippen LogP contribution < -0.4 is 4.90 Å². The van der Waals surface area contributed by atoms with Gasteiger partial charge in [0.05, 0.1) is 16.8 Å². The molecule has 1 aromatic heterocycles. The Kier molecular flexibility index (Phi) is 6.56. The fourth-order valence-electron chi connectivity index (χ4n) is 8.42. The van der Waals surface area contributed by atoms with Gasteiger partial charge in [-0.2, -0.15) is 0 Å².